The number of hydrogen-bond donors (Lipinski definition) is 2. The summed E-state index contributed by atoms with van der Waals surface area (Å²) in [5.74, 6) is 1.27. The van der Waals surface area contributed by atoms with Crippen molar-refractivity contribution in [3.05, 3.63) is 24.2 Å². The van der Waals surface area contributed by atoms with Crippen LogP contribution in [0.3, 0.4) is 0 Å². The van der Waals surface area contributed by atoms with Gasteiger partial charge in [0.2, 0.25) is 0 Å². The second kappa shape index (κ2) is 4.00. The third kappa shape index (κ3) is 2.10. The molecular weight excluding hydrogens is 216 g/mol. The van der Waals surface area contributed by atoms with Gasteiger partial charge in [-0.25, -0.2) is 9.50 Å². The summed E-state index contributed by atoms with van der Waals surface area (Å²) in [7, 11) is 0. The molecule has 0 amide bonds. The number of fused-ring (bicyclic) bond motifs is 1. The number of nitrogens with zero attached hydrogens (tertiary/aromatic N) is 3. The summed E-state index contributed by atoms with van der Waals surface area (Å²) in [5, 5.41) is 17.3. The fourth-order valence-corrected chi connectivity index (χ4v) is 2.03. The molecule has 0 aromatic carbocycles. The Morgan fingerprint density at radius 3 is 3.18 bits per heavy atom. The minimum atomic E-state index is -0.263. The molecule has 5 nitrogen and oxygen atoms in total. The predicted octanol–water partition coefficient (Wildman–Crippen LogP) is 1.22. The summed E-state index contributed by atoms with van der Waals surface area (Å²) in [5.41, 5.74) is 1.91. The Morgan fingerprint density at radius 2 is 2.41 bits per heavy atom. The zero-order valence-electron chi connectivity index (χ0n) is 9.80. The molecule has 2 aromatic rings. The standard InChI is InChI=1S/C12H16N4O/c1-8-6-10-12(13-4-5-16(10)15-8)14-7-11(17)9-2-3-9/h4-6,9,11,17H,2-3,7H2,1H3,(H,13,14). The van der Waals surface area contributed by atoms with Crippen LogP contribution in [0.15, 0.2) is 18.5 Å². The van der Waals surface area contributed by atoms with Crippen molar-refractivity contribution >= 4 is 11.3 Å². The third-order valence-electron chi connectivity index (χ3n) is 3.16. The fourth-order valence-electron chi connectivity index (χ4n) is 2.03. The molecule has 1 atom stereocenters. The maximum Gasteiger partial charge on any atom is 0.152 e. The van der Waals surface area contributed by atoms with Gasteiger partial charge in [0, 0.05) is 18.9 Å². The zero-order chi connectivity index (χ0) is 11.8. The molecule has 0 saturated heterocycles. The Labute approximate surface area is 99.5 Å². The lowest BCUT2D eigenvalue weighted by Crippen LogP contribution is -2.22. The van der Waals surface area contributed by atoms with Gasteiger partial charge < -0.3 is 10.4 Å². The van der Waals surface area contributed by atoms with E-state index in [-0.39, 0.29) is 6.10 Å². The number of anilines is 1. The molecule has 1 aliphatic carbocycles. The van der Waals surface area contributed by atoms with Crippen molar-refractivity contribution in [2.24, 2.45) is 5.92 Å². The van der Waals surface area contributed by atoms with E-state index < -0.39 is 0 Å². The van der Waals surface area contributed by atoms with Crippen LogP contribution in [0.25, 0.3) is 5.52 Å². The summed E-state index contributed by atoms with van der Waals surface area (Å²) >= 11 is 0. The van der Waals surface area contributed by atoms with Gasteiger partial charge in [0.1, 0.15) is 5.52 Å². The molecular formula is C12H16N4O. The number of aliphatic hydroxyl groups is 1. The molecule has 3 rings (SSSR count). The van der Waals surface area contributed by atoms with Gasteiger partial charge in [-0.2, -0.15) is 5.10 Å². The molecule has 1 fully saturated rings. The third-order valence-corrected chi connectivity index (χ3v) is 3.16. The lowest BCUT2D eigenvalue weighted by molar-refractivity contribution is 0.164. The maximum absolute atomic E-state index is 9.81. The average Bonchev–Trinajstić information content (AvgIpc) is 3.08. The van der Waals surface area contributed by atoms with Crippen LogP contribution in [0.2, 0.25) is 0 Å². The minimum Gasteiger partial charge on any atom is -0.391 e. The van der Waals surface area contributed by atoms with E-state index in [1.165, 1.54) is 0 Å². The summed E-state index contributed by atoms with van der Waals surface area (Å²) in [6.45, 7) is 2.51. The van der Waals surface area contributed by atoms with E-state index in [1.807, 2.05) is 19.2 Å². The van der Waals surface area contributed by atoms with Crippen LogP contribution < -0.4 is 5.32 Å². The molecule has 90 valence electrons. The molecule has 1 aliphatic rings. The topological polar surface area (TPSA) is 62.5 Å². The van der Waals surface area contributed by atoms with Gasteiger partial charge in [-0.05, 0) is 31.7 Å². The molecule has 2 aromatic heterocycles. The number of hydrogen-bond acceptors (Lipinski definition) is 4. The van der Waals surface area contributed by atoms with Crippen molar-refractivity contribution in [1.29, 1.82) is 0 Å². The highest BCUT2D eigenvalue weighted by Gasteiger charge is 2.29. The van der Waals surface area contributed by atoms with E-state index in [1.54, 1.807) is 10.7 Å². The van der Waals surface area contributed by atoms with E-state index in [4.69, 9.17) is 0 Å². The van der Waals surface area contributed by atoms with E-state index in [0.717, 1.165) is 29.9 Å². The monoisotopic (exact) mass is 232 g/mol. The van der Waals surface area contributed by atoms with Gasteiger partial charge in [-0.3, -0.25) is 0 Å². The molecule has 0 radical (unpaired) electrons. The maximum atomic E-state index is 9.81. The van der Waals surface area contributed by atoms with Crippen molar-refractivity contribution < 1.29 is 5.11 Å². The van der Waals surface area contributed by atoms with Crippen LogP contribution in [-0.4, -0.2) is 32.4 Å². The SMILES string of the molecule is Cc1cc2c(NCC(O)C3CC3)nccn2n1. The highest BCUT2D eigenvalue weighted by Crippen LogP contribution is 2.32. The number of rotatable bonds is 4. The van der Waals surface area contributed by atoms with E-state index in [0.29, 0.717) is 12.5 Å². The molecule has 5 heteroatoms. The summed E-state index contributed by atoms with van der Waals surface area (Å²) < 4.78 is 1.80. The number of aryl methyl sites for hydroxylation is 1. The van der Waals surface area contributed by atoms with Crippen LogP contribution in [0, 0.1) is 12.8 Å². The van der Waals surface area contributed by atoms with Crippen LogP contribution in [-0.2, 0) is 0 Å². The summed E-state index contributed by atoms with van der Waals surface area (Å²) in [6, 6.07) is 1.98. The first-order valence-electron chi connectivity index (χ1n) is 5.97. The smallest absolute Gasteiger partial charge is 0.152 e. The first-order valence-corrected chi connectivity index (χ1v) is 5.97. The molecule has 1 unspecified atom stereocenters. The Morgan fingerprint density at radius 1 is 1.59 bits per heavy atom. The van der Waals surface area contributed by atoms with Gasteiger partial charge in [0.05, 0.1) is 11.8 Å². The van der Waals surface area contributed by atoms with Crippen LogP contribution in [0.4, 0.5) is 5.82 Å². The average molecular weight is 232 g/mol. The van der Waals surface area contributed by atoms with Crippen molar-refractivity contribution in [3.8, 4) is 0 Å². The molecule has 0 aliphatic heterocycles. The van der Waals surface area contributed by atoms with Crippen molar-refractivity contribution in [1.82, 2.24) is 14.6 Å². The van der Waals surface area contributed by atoms with Crippen molar-refractivity contribution in [3.63, 3.8) is 0 Å². The highest BCUT2D eigenvalue weighted by molar-refractivity contribution is 5.67. The molecule has 1 saturated carbocycles. The van der Waals surface area contributed by atoms with Gasteiger partial charge in [0.15, 0.2) is 5.82 Å². The second-order valence-electron chi connectivity index (χ2n) is 4.68. The molecule has 0 bridgehead atoms. The van der Waals surface area contributed by atoms with E-state index >= 15 is 0 Å². The quantitative estimate of drug-likeness (QED) is 0.832. The highest BCUT2D eigenvalue weighted by atomic mass is 16.3. The summed E-state index contributed by atoms with van der Waals surface area (Å²) in [6.07, 6.45) is 5.57. The van der Waals surface area contributed by atoms with Crippen molar-refractivity contribution in [2.75, 3.05) is 11.9 Å². The lowest BCUT2D eigenvalue weighted by atomic mass is 10.2. The number of nitrogens with one attached hydrogen (secondary N) is 1. The zero-order valence-corrected chi connectivity index (χ0v) is 9.80. The first-order chi connectivity index (χ1) is 8.24. The Balaban J connectivity index is 1.79. The molecule has 17 heavy (non-hydrogen) atoms. The van der Waals surface area contributed by atoms with Gasteiger partial charge in [0.25, 0.3) is 0 Å². The van der Waals surface area contributed by atoms with Gasteiger partial charge >= 0.3 is 0 Å². The Hall–Kier alpha value is -1.62. The molecule has 2 heterocycles. The van der Waals surface area contributed by atoms with Crippen LogP contribution >= 0.6 is 0 Å². The lowest BCUT2D eigenvalue weighted by Gasteiger charge is -2.11. The largest absolute Gasteiger partial charge is 0.391 e. The summed E-state index contributed by atoms with van der Waals surface area (Å²) in [4.78, 5) is 4.29. The minimum absolute atomic E-state index is 0.263. The fraction of sp³-hybridized carbons (Fsp3) is 0.500. The second-order valence-corrected chi connectivity index (χ2v) is 4.68. The van der Waals surface area contributed by atoms with Crippen molar-refractivity contribution in [2.45, 2.75) is 25.9 Å². The number of aromatic nitrogens is 3. The Kier molecular flexibility index (Phi) is 2.48. The number of aliphatic hydroxyl groups excluding tert-OH is 1. The van der Waals surface area contributed by atoms with Crippen LogP contribution in [0.1, 0.15) is 18.5 Å². The van der Waals surface area contributed by atoms with E-state index in [9.17, 15) is 5.11 Å². The van der Waals surface area contributed by atoms with Gasteiger partial charge in [-0.1, -0.05) is 0 Å². The van der Waals surface area contributed by atoms with Crippen LogP contribution in [0.5, 0.6) is 0 Å². The molecule has 0 spiro atoms. The normalized spacial score (nSPS) is 17.3. The van der Waals surface area contributed by atoms with E-state index in [2.05, 4.69) is 15.4 Å². The predicted molar refractivity (Wildman–Crippen MR) is 64.9 cm³/mol. The Bertz CT molecular complexity index is 532. The molecule has 2 N–H and O–H groups in total. The van der Waals surface area contributed by atoms with Gasteiger partial charge in [-0.15, -0.1) is 0 Å². The first kappa shape index (κ1) is 10.5.